The topological polar surface area (TPSA) is 87.4 Å². The number of benzene rings is 3. The van der Waals surface area contributed by atoms with Crippen molar-refractivity contribution in [1.29, 1.82) is 0 Å². The van der Waals surface area contributed by atoms with E-state index in [9.17, 15) is 10.1 Å². The average Bonchev–Trinajstić information content (AvgIpc) is 2.74. The quantitative estimate of drug-likeness (QED) is 0.312. The van der Waals surface area contributed by atoms with Crippen LogP contribution in [0.5, 0.6) is 23.3 Å². The van der Waals surface area contributed by atoms with E-state index in [1.807, 2.05) is 49.4 Å². The van der Waals surface area contributed by atoms with Crippen molar-refractivity contribution in [1.82, 2.24) is 9.97 Å². The van der Waals surface area contributed by atoms with Crippen molar-refractivity contribution >= 4 is 16.5 Å². The molecule has 1 aromatic heterocycles. The maximum absolute atomic E-state index is 11.7. The SMILES string of the molecule is CCc1ccc(Oc2ncnc(Oc3ccc4ccccc4c3)c2[N+](=O)[O-])cc1. The zero-order valence-corrected chi connectivity index (χ0v) is 15.6. The number of rotatable bonds is 6. The van der Waals surface area contributed by atoms with E-state index in [4.69, 9.17) is 9.47 Å². The number of aryl methyl sites for hydroxylation is 1. The summed E-state index contributed by atoms with van der Waals surface area (Å²) < 4.78 is 11.4. The van der Waals surface area contributed by atoms with Gasteiger partial charge in [-0.25, -0.2) is 0 Å². The lowest BCUT2D eigenvalue weighted by Gasteiger charge is -2.09. The number of nitrogens with zero attached hydrogens (tertiary/aromatic N) is 3. The van der Waals surface area contributed by atoms with Gasteiger partial charge in [-0.1, -0.05) is 49.4 Å². The highest BCUT2D eigenvalue weighted by Crippen LogP contribution is 2.38. The lowest BCUT2D eigenvalue weighted by atomic mass is 10.1. The second kappa shape index (κ2) is 7.93. The molecule has 29 heavy (non-hydrogen) atoms. The van der Waals surface area contributed by atoms with Crippen LogP contribution >= 0.6 is 0 Å². The van der Waals surface area contributed by atoms with Crippen LogP contribution < -0.4 is 9.47 Å². The van der Waals surface area contributed by atoms with Crippen LogP contribution in [0.1, 0.15) is 12.5 Å². The Hall–Kier alpha value is -4.00. The van der Waals surface area contributed by atoms with Gasteiger partial charge < -0.3 is 9.47 Å². The molecular weight excluding hydrogens is 370 g/mol. The van der Waals surface area contributed by atoms with E-state index in [2.05, 4.69) is 9.97 Å². The minimum atomic E-state index is -0.605. The highest BCUT2D eigenvalue weighted by molar-refractivity contribution is 5.83. The molecule has 0 fully saturated rings. The first-order chi connectivity index (χ1) is 14.1. The summed E-state index contributed by atoms with van der Waals surface area (Å²) in [5, 5.41) is 13.7. The lowest BCUT2D eigenvalue weighted by Crippen LogP contribution is -2.01. The first-order valence-electron chi connectivity index (χ1n) is 9.07. The minimum Gasteiger partial charge on any atom is -0.433 e. The zero-order chi connectivity index (χ0) is 20.2. The number of hydrogen-bond donors (Lipinski definition) is 0. The summed E-state index contributed by atoms with van der Waals surface area (Å²) in [6.45, 7) is 2.04. The third-order valence-corrected chi connectivity index (χ3v) is 4.42. The van der Waals surface area contributed by atoms with Gasteiger partial charge in [0.1, 0.15) is 17.8 Å². The maximum atomic E-state index is 11.7. The molecular formula is C22H17N3O4. The van der Waals surface area contributed by atoms with Gasteiger partial charge in [-0.2, -0.15) is 9.97 Å². The van der Waals surface area contributed by atoms with Crippen molar-refractivity contribution in [2.75, 3.05) is 0 Å². The molecule has 0 N–H and O–H groups in total. The summed E-state index contributed by atoms with van der Waals surface area (Å²) in [5.74, 6) is 0.523. The number of aromatic nitrogens is 2. The number of nitro groups is 1. The van der Waals surface area contributed by atoms with E-state index in [1.54, 1.807) is 24.3 Å². The van der Waals surface area contributed by atoms with Crippen LogP contribution in [0.3, 0.4) is 0 Å². The summed E-state index contributed by atoms with van der Waals surface area (Å²) in [7, 11) is 0. The van der Waals surface area contributed by atoms with Gasteiger partial charge in [-0.15, -0.1) is 0 Å². The summed E-state index contributed by atoms with van der Waals surface area (Å²) in [5.41, 5.74) is 0.704. The molecule has 0 aliphatic rings. The Labute approximate surface area is 166 Å². The highest BCUT2D eigenvalue weighted by atomic mass is 16.6. The molecule has 0 aliphatic heterocycles. The van der Waals surface area contributed by atoms with Gasteiger partial charge in [-0.3, -0.25) is 10.1 Å². The predicted octanol–water partition coefficient (Wildman–Crippen LogP) is 5.69. The highest BCUT2D eigenvalue weighted by Gasteiger charge is 2.27. The molecule has 4 rings (SSSR count). The Kier molecular flexibility index (Phi) is 5.03. The summed E-state index contributed by atoms with van der Waals surface area (Å²) in [6, 6.07) is 20.5. The van der Waals surface area contributed by atoms with E-state index in [0.29, 0.717) is 11.5 Å². The van der Waals surface area contributed by atoms with Gasteiger partial charge >= 0.3 is 17.4 Å². The number of ether oxygens (including phenoxy) is 2. The van der Waals surface area contributed by atoms with Crippen molar-refractivity contribution in [3.05, 3.63) is 88.7 Å². The molecule has 0 bridgehead atoms. The van der Waals surface area contributed by atoms with E-state index >= 15 is 0 Å². The van der Waals surface area contributed by atoms with Gasteiger partial charge in [0.2, 0.25) is 0 Å². The minimum absolute atomic E-state index is 0.176. The van der Waals surface area contributed by atoms with Crippen molar-refractivity contribution in [2.24, 2.45) is 0 Å². The summed E-state index contributed by atoms with van der Waals surface area (Å²) >= 11 is 0. The number of fused-ring (bicyclic) bond motifs is 1. The first-order valence-corrected chi connectivity index (χ1v) is 9.07. The second-order valence-corrected chi connectivity index (χ2v) is 6.30. The number of hydrogen-bond acceptors (Lipinski definition) is 6. The standard InChI is InChI=1S/C22H17N3O4/c1-2-15-7-10-18(11-8-15)28-21-20(25(26)27)22(24-14-23-21)29-19-12-9-16-5-3-4-6-17(16)13-19/h3-14H,2H2,1H3. The summed E-state index contributed by atoms with van der Waals surface area (Å²) in [6.07, 6.45) is 2.07. The van der Waals surface area contributed by atoms with E-state index in [-0.39, 0.29) is 11.8 Å². The van der Waals surface area contributed by atoms with Crippen LogP contribution in [-0.2, 0) is 6.42 Å². The van der Waals surface area contributed by atoms with E-state index in [0.717, 1.165) is 22.8 Å². The maximum Gasteiger partial charge on any atom is 0.393 e. The lowest BCUT2D eigenvalue weighted by molar-refractivity contribution is -0.387. The van der Waals surface area contributed by atoms with Crippen LogP contribution in [0.4, 0.5) is 5.69 Å². The third kappa shape index (κ3) is 3.98. The normalized spacial score (nSPS) is 10.7. The molecule has 4 aromatic rings. The van der Waals surface area contributed by atoms with Crippen LogP contribution in [0.15, 0.2) is 73.1 Å². The Morgan fingerprint density at radius 2 is 1.48 bits per heavy atom. The molecule has 144 valence electrons. The molecule has 0 atom stereocenters. The van der Waals surface area contributed by atoms with Gasteiger partial charge in [0.25, 0.3) is 0 Å². The summed E-state index contributed by atoms with van der Waals surface area (Å²) in [4.78, 5) is 19.0. The van der Waals surface area contributed by atoms with Crippen LogP contribution in [0, 0.1) is 10.1 Å². The second-order valence-electron chi connectivity index (χ2n) is 6.30. The molecule has 0 aliphatic carbocycles. The molecule has 0 amide bonds. The van der Waals surface area contributed by atoms with Crippen molar-refractivity contribution in [2.45, 2.75) is 13.3 Å². The van der Waals surface area contributed by atoms with Gasteiger partial charge in [0.05, 0.1) is 4.92 Å². The Bertz CT molecular complexity index is 1180. The average molecular weight is 387 g/mol. The largest absolute Gasteiger partial charge is 0.433 e. The van der Waals surface area contributed by atoms with Gasteiger partial charge in [0.15, 0.2) is 0 Å². The van der Waals surface area contributed by atoms with E-state index in [1.165, 1.54) is 6.33 Å². The van der Waals surface area contributed by atoms with Crippen LogP contribution in [0.2, 0.25) is 0 Å². The van der Waals surface area contributed by atoms with Crippen molar-refractivity contribution < 1.29 is 14.4 Å². The monoisotopic (exact) mass is 387 g/mol. The fraction of sp³-hybridized carbons (Fsp3) is 0.0909. The van der Waals surface area contributed by atoms with Gasteiger partial charge in [0, 0.05) is 0 Å². The smallest absolute Gasteiger partial charge is 0.393 e. The fourth-order valence-electron chi connectivity index (χ4n) is 2.90. The molecule has 7 heteroatoms. The fourth-order valence-corrected chi connectivity index (χ4v) is 2.90. The van der Waals surface area contributed by atoms with Gasteiger partial charge in [-0.05, 0) is 47.0 Å². The molecule has 7 nitrogen and oxygen atoms in total. The molecule has 0 radical (unpaired) electrons. The van der Waals surface area contributed by atoms with Crippen LogP contribution in [0.25, 0.3) is 10.8 Å². The Morgan fingerprint density at radius 3 is 2.14 bits per heavy atom. The Balaban J connectivity index is 1.67. The molecule has 1 heterocycles. The van der Waals surface area contributed by atoms with Crippen molar-refractivity contribution in [3.8, 4) is 23.3 Å². The molecule has 3 aromatic carbocycles. The molecule has 0 saturated heterocycles. The molecule has 0 saturated carbocycles. The van der Waals surface area contributed by atoms with Crippen molar-refractivity contribution in [3.63, 3.8) is 0 Å². The Morgan fingerprint density at radius 1 is 0.862 bits per heavy atom. The molecule has 0 spiro atoms. The molecule has 0 unspecified atom stereocenters. The van der Waals surface area contributed by atoms with E-state index < -0.39 is 10.6 Å². The van der Waals surface area contributed by atoms with Crippen LogP contribution in [-0.4, -0.2) is 14.9 Å². The third-order valence-electron chi connectivity index (χ3n) is 4.42. The first kappa shape index (κ1) is 18.4. The zero-order valence-electron chi connectivity index (χ0n) is 15.6. The predicted molar refractivity (Wildman–Crippen MR) is 109 cm³/mol.